The molecule has 5 nitrogen and oxygen atoms in total. The molecule has 1 aliphatic rings. The van der Waals surface area contributed by atoms with Crippen LogP contribution in [0.5, 0.6) is 0 Å². The Bertz CT molecular complexity index is 716. The fraction of sp³-hybridized carbons (Fsp3) is 0.550. The van der Waals surface area contributed by atoms with Crippen LogP contribution in [0.15, 0.2) is 30.3 Å². The summed E-state index contributed by atoms with van der Waals surface area (Å²) in [6.07, 6.45) is 2.71. The molecule has 0 aliphatic carbocycles. The van der Waals surface area contributed by atoms with Gasteiger partial charge in [-0.25, -0.2) is 4.98 Å². The molecule has 2 aromatic rings. The van der Waals surface area contributed by atoms with Gasteiger partial charge in [0.05, 0.1) is 5.92 Å². The fourth-order valence-corrected chi connectivity index (χ4v) is 3.82. The lowest BCUT2D eigenvalue weighted by molar-refractivity contribution is -0.126. The maximum absolute atomic E-state index is 12.6. The molecule has 140 valence electrons. The number of hydrogen-bond acceptors (Lipinski definition) is 5. The summed E-state index contributed by atoms with van der Waals surface area (Å²) in [5.74, 6) is 1.51. The van der Waals surface area contributed by atoms with Crippen molar-refractivity contribution >= 4 is 22.6 Å². The number of rotatable bonds is 6. The van der Waals surface area contributed by atoms with Crippen LogP contribution in [0.4, 0.5) is 5.13 Å². The number of nitrogens with one attached hydrogen (secondary N) is 1. The molecule has 1 aromatic carbocycles. The van der Waals surface area contributed by atoms with Gasteiger partial charge in [-0.15, -0.1) is 0 Å². The Morgan fingerprint density at radius 1 is 1.31 bits per heavy atom. The molecule has 1 aromatic heterocycles. The van der Waals surface area contributed by atoms with Crippen molar-refractivity contribution in [3.05, 3.63) is 41.7 Å². The highest BCUT2D eigenvalue weighted by atomic mass is 32.1. The third kappa shape index (κ3) is 4.81. The number of aromatic nitrogens is 2. The zero-order chi connectivity index (χ0) is 18.5. The van der Waals surface area contributed by atoms with Gasteiger partial charge in [0.25, 0.3) is 0 Å². The molecule has 3 rings (SSSR count). The first-order valence-corrected chi connectivity index (χ1v) is 10.2. The summed E-state index contributed by atoms with van der Waals surface area (Å²) >= 11 is 1.44. The zero-order valence-electron chi connectivity index (χ0n) is 15.8. The van der Waals surface area contributed by atoms with Gasteiger partial charge in [0.15, 0.2) is 0 Å². The number of carbonyl (C=O) groups excluding carboxylic acids is 1. The number of amides is 1. The van der Waals surface area contributed by atoms with Gasteiger partial charge in [0.2, 0.25) is 11.0 Å². The Morgan fingerprint density at radius 3 is 2.81 bits per heavy atom. The zero-order valence-corrected chi connectivity index (χ0v) is 16.6. The second-order valence-corrected chi connectivity index (χ2v) is 8.21. The Labute approximate surface area is 160 Å². The molecule has 1 amide bonds. The molecule has 26 heavy (non-hydrogen) atoms. The highest BCUT2D eigenvalue weighted by Gasteiger charge is 2.28. The normalized spacial score (nSPS) is 18.8. The summed E-state index contributed by atoms with van der Waals surface area (Å²) in [5.41, 5.74) is 1.22. The number of anilines is 1. The van der Waals surface area contributed by atoms with Crippen LogP contribution >= 0.6 is 11.5 Å². The number of benzene rings is 1. The Balaban J connectivity index is 1.60. The van der Waals surface area contributed by atoms with Crippen molar-refractivity contribution in [2.45, 2.75) is 46.1 Å². The van der Waals surface area contributed by atoms with Crippen LogP contribution < -0.4 is 10.2 Å². The van der Waals surface area contributed by atoms with Gasteiger partial charge in [-0.2, -0.15) is 4.37 Å². The molecule has 0 saturated carbocycles. The van der Waals surface area contributed by atoms with Crippen molar-refractivity contribution in [2.75, 3.05) is 18.0 Å². The van der Waals surface area contributed by atoms with Gasteiger partial charge in [-0.05, 0) is 31.2 Å². The van der Waals surface area contributed by atoms with Gasteiger partial charge in [0.1, 0.15) is 5.82 Å². The molecule has 0 unspecified atom stereocenters. The highest BCUT2D eigenvalue weighted by molar-refractivity contribution is 7.09. The van der Waals surface area contributed by atoms with E-state index in [1.54, 1.807) is 0 Å². The average Bonchev–Trinajstić information content (AvgIpc) is 3.11. The SMILES string of the molecule is CC(C)[C@@H](C)NC(=O)[C@@H]1CCCN(c2nc(Cc3ccccc3)ns2)C1. The third-order valence-electron chi connectivity index (χ3n) is 5.10. The van der Waals surface area contributed by atoms with E-state index in [1.807, 2.05) is 18.2 Å². The molecule has 1 N–H and O–H groups in total. The lowest BCUT2D eigenvalue weighted by Gasteiger charge is -2.32. The van der Waals surface area contributed by atoms with E-state index in [0.717, 1.165) is 43.3 Å². The largest absolute Gasteiger partial charge is 0.353 e. The van der Waals surface area contributed by atoms with E-state index in [9.17, 15) is 4.79 Å². The first-order valence-electron chi connectivity index (χ1n) is 9.44. The van der Waals surface area contributed by atoms with Gasteiger partial charge < -0.3 is 10.2 Å². The number of piperidine rings is 1. The Morgan fingerprint density at radius 2 is 2.08 bits per heavy atom. The minimum atomic E-state index is 0.0337. The van der Waals surface area contributed by atoms with E-state index in [0.29, 0.717) is 5.92 Å². The van der Waals surface area contributed by atoms with Crippen LogP contribution in [0.2, 0.25) is 0 Å². The third-order valence-corrected chi connectivity index (χ3v) is 5.91. The highest BCUT2D eigenvalue weighted by Crippen LogP contribution is 2.25. The average molecular weight is 373 g/mol. The van der Waals surface area contributed by atoms with Crippen LogP contribution in [0.1, 0.15) is 45.0 Å². The molecule has 0 spiro atoms. The van der Waals surface area contributed by atoms with Crippen molar-refractivity contribution in [1.29, 1.82) is 0 Å². The molecule has 1 fully saturated rings. The molecule has 1 aliphatic heterocycles. The first kappa shape index (κ1) is 18.8. The Hall–Kier alpha value is -1.95. The topological polar surface area (TPSA) is 58.1 Å². The van der Waals surface area contributed by atoms with Crippen LogP contribution in [0.3, 0.4) is 0 Å². The van der Waals surface area contributed by atoms with Crippen molar-refractivity contribution in [3.63, 3.8) is 0 Å². The summed E-state index contributed by atoms with van der Waals surface area (Å²) < 4.78 is 4.52. The summed E-state index contributed by atoms with van der Waals surface area (Å²) in [6.45, 7) is 8.02. The summed E-state index contributed by atoms with van der Waals surface area (Å²) in [7, 11) is 0. The number of nitrogens with zero attached hydrogens (tertiary/aromatic N) is 3. The minimum absolute atomic E-state index is 0.0337. The number of hydrogen-bond donors (Lipinski definition) is 1. The van der Waals surface area contributed by atoms with Crippen LogP contribution in [-0.2, 0) is 11.2 Å². The summed E-state index contributed by atoms with van der Waals surface area (Å²) in [6, 6.07) is 10.5. The van der Waals surface area contributed by atoms with E-state index >= 15 is 0 Å². The summed E-state index contributed by atoms with van der Waals surface area (Å²) in [5, 5.41) is 4.10. The molecule has 2 atom stereocenters. The molecule has 0 radical (unpaired) electrons. The smallest absolute Gasteiger partial charge is 0.225 e. The van der Waals surface area contributed by atoms with E-state index in [2.05, 4.69) is 47.5 Å². The standard InChI is InChI=1S/C20H28N4OS/c1-14(2)15(3)21-19(25)17-10-7-11-24(13-17)20-22-18(23-26-20)12-16-8-5-4-6-9-16/h4-6,8-9,14-15,17H,7,10-13H2,1-3H3,(H,21,25)/t15-,17-/m1/s1. The van der Waals surface area contributed by atoms with Gasteiger partial charge in [0, 0.05) is 37.1 Å². The maximum Gasteiger partial charge on any atom is 0.225 e. The lowest BCUT2D eigenvalue weighted by atomic mass is 9.96. The van der Waals surface area contributed by atoms with Crippen molar-refractivity contribution in [3.8, 4) is 0 Å². The molecular formula is C20H28N4OS. The van der Waals surface area contributed by atoms with Crippen LogP contribution in [0.25, 0.3) is 0 Å². The van der Waals surface area contributed by atoms with Crippen molar-refractivity contribution in [2.24, 2.45) is 11.8 Å². The maximum atomic E-state index is 12.6. The Kier molecular flexibility index (Phi) is 6.25. The van der Waals surface area contributed by atoms with E-state index in [-0.39, 0.29) is 17.9 Å². The first-order chi connectivity index (χ1) is 12.5. The second kappa shape index (κ2) is 8.62. The molecular weight excluding hydrogens is 344 g/mol. The van der Waals surface area contributed by atoms with E-state index in [1.165, 1.54) is 17.1 Å². The van der Waals surface area contributed by atoms with Gasteiger partial charge in [-0.3, -0.25) is 4.79 Å². The number of carbonyl (C=O) groups is 1. The quantitative estimate of drug-likeness (QED) is 0.843. The van der Waals surface area contributed by atoms with Crippen molar-refractivity contribution in [1.82, 2.24) is 14.7 Å². The molecule has 0 bridgehead atoms. The van der Waals surface area contributed by atoms with E-state index < -0.39 is 0 Å². The van der Waals surface area contributed by atoms with Crippen molar-refractivity contribution < 1.29 is 4.79 Å². The summed E-state index contributed by atoms with van der Waals surface area (Å²) in [4.78, 5) is 19.5. The molecule has 1 saturated heterocycles. The van der Waals surface area contributed by atoms with E-state index in [4.69, 9.17) is 4.98 Å². The fourth-order valence-electron chi connectivity index (χ4n) is 3.10. The second-order valence-electron chi connectivity index (χ2n) is 7.48. The molecule has 2 heterocycles. The lowest BCUT2D eigenvalue weighted by Crippen LogP contribution is -2.46. The van der Waals surface area contributed by atoms with Crippen LogP contribution in [-0.4, -0.2) is 34.4 Å². The predicted molar refractivity (Wildman–Crippen MR) is 107 cm³/mol. The van der Waals surface area contributed by atoms with Crippen LogP contribution in [0, 0.1) is 11.8 Å². The predicted octanol–water partition coefficient (Wildman–Crippen LogP) is 3.51. The van der Waals surface area contributed by atoms with Gasteiger partial charge >= 0.3 is 0 Å². The monoisotopic (exact) mass is 372 g/mol. The minimum Gasteiger partial charge on any atom is -0.353 e. The molecule has 6 heteroatoms. The van der Waals surface area contributed by atoms with Gasteiger partial charge in [-0.1, -0.05) is 44.2 Å².